The van der Waals surface area contributed by atoms with Gasteiger partial charge in [0, 0.05) is 12.1 Å². The van der Waals surface area contributed by atoms with Crippen LogP contribution in [0.15, 0.2) is 24.3 Å². The molecule has 0 unspecified atom stereocenters. The van der Waals surface area contributed by atoms with Gasteiger partial charge in [-0.05, 0) is 31.9 Å². The summed E-state index contributed by atoms with van der Waals surface area (Å²) in [6.07, 6.45) is 1.00. The Kier molecular flexibility index (Phi) is 2.29. The van der Waals surface area contributed by atoms with Crippen LogP contribution in [0.2, 0.25) is 0 Å². The summed E-state index contributed by atoms with van der Waals surface area (Å²) in [5.74, 6) is 0.178. The molecular formula is C13H17NO. The third kappa shape index (κ3) is 1.36. The Morgan fingerprint density at radius 2 is 1.93 bits per heavy atom. The van der Waals surface area contributed by atoms with E-state index in [1.54, 1.807) is 0 Å². The van der Waals surface area contributed by atoms with Gasteiger partial charge >= 0.3 is 0 Å². The number of amides is 1. The molecule has 0 radical (unpaired) electrons. The van der Waals surface area contributed by atoms with E-state index in [0.29, 0.717) is 0 Å². The van der Waals surface area contributed by atoms with Gasteiger partial charge in [-0.15, -0.1) is 0 Å². The van der Waals surface area contributed by atoms with E-state index in [1.807, 2.05) is 23.1 Å². The average Bonchev–Trinajstić information content (AvgIpc) is 2.41. The van der Waals surface area contributed by atoms with Crippen LogP contribution in [0.25, 0.3) is 0 Å². The molecule has 0 aromatic heterocycles. The monoisotopic (exact) mass is 203 g/mol. The lowest BCUT2D eigenvalue weighted by atomic mass is 9.94. The normalized spacial score (nSPS) is 18.1. The van der Waals surface area contributed by atoms with Gasteiger partial charge in [0.1, 0.15) is 0 Å². The van der Waals surface area contributed by atoms with Crippen LogP contribution < -0.4 is 0 Å². The summed E-state index contributed by atoms with van der Waals surface area (Å²) in [5.41, 5.74) is 1.88. The first kappa shape index (κ1) is 10.2. The van der Waals surface area contributed by atoms with Gasteiger partial charge in [-0.2, -0.15) is 0 Å². The van der Waals surface area contributed by atoms with Crippen molar-refractivity contribution in [2.75, 3.05) is 6.54 Å². The van der Waals surface area contributed by atoms with Crippen LogP contribution in [0.5, 0.6) is 0 Å². The third-order valence-corrected chi connectivity index (χ3v) is 3.18. The number of rotatable bonds is 2. The number of nitrogens with zero attached hydrogens (tertiary/aromatic N) is 1. The van der Waals surface area contributed by atoms with Crippen molar-refractivity contribution in [1.29, 1.82) is 0 Å². The van der Waals surface area contributed by atoms with Crippen molar-refractivity contribution in [3.05, 3.63) is 35.4 Å². The number of fused-ring (bicyclic) bond motifs is 1. The predicted molar refractivity (Wildman–Crippen MR) is 60.8 cm³/mol. The summed E-state index contributed by atoms with van der Waals surface area (Å²) >= 11 is 0. The Bertz CT molecular complexity index is 395. The molecule has 0 bridgehead atoms. The highest BCUT2D eigenvalue weighted by Gasteiger charge is 2.41. The second kappa shape index (κ2) is 3.37. The summed E-state index contributed by atoms with van der Waals surface area (Å²) < 4.78 is 0. The van der Waals surface area contributed by atoms with Crippen LogP contribution in [0, 0.1) is 0 Å². The van der Waals surface area contributed by atoms with E-state index in [9.17, 15) is 4.79 Å². The summed E-state index contributed by atoms with van der Waals surface area (Å²) in [6, 6.07) is 7.92. The molecule has 1 aromatic carbocycles. The van der Waals surface area contributed by atoms with Crippen molar-refractivity contribution in [2.24, 2.45) is 0 Å². The fourth-order valence-corrected chi connectivity index (χ4v) is 2.35. The largest absolute Gasteiger partial charge is 0.329 e. The first-order valence-electron chi connectivity index (χ1n) is 5.50. The Hall–Kier alpha value is -1.31. The molecule has 0 N–H and O–H groups in total. The molecule has 2 rings (SSSR count). The molecule has 2 heteroatoms. The Morgan fingerprint density at radius 1 is 1.27 bits per heavy atom. The zero-order valence-electron chi connectivity index (χ0n) is 9.58. The first-order chi connectivity index (χ1) is 7.09. The zero-order valence-corrected chi connectivity index (χ0v) is 9.58. The molecule has 15 heavy (non-hydrogen) atoms. The van der Waals surface area contributed by atoms with E-state index >= 15 is 0 Å². The van der Waals surface area contributed by atoms with Gasteiger partial charge in [0.25, 0.3) is 5.91 Å². The fourth-order valence-electron chi connectivity index (χ4n) is 2.35. The van der Waals surface area contributed by atoms with Gasteiger partial charge in [0.05, 0.1) is 5.54 Å². The molecule has 1 aliphatic heterocycles. The minimum absolute atomic E-state index is 0.149. The van der Waals surface area contributed by atoms with Crippen molar-refractivity contribution in [3.8, 4) is 0 Å². The van der Waals surface area contributed by atoms with Crippen LogP contribution in [-0.4, -0.2) is 17.4 Å². The smallest absolute Gasteiger partial charge is 0.254 e. The molecule has 1 heterocycles. The van der Waals surface area contributed by atoms with E-state index in [-0.39, 0.29) is 11.4 Å². The summed E-state index contributed by atoms with van der Waals surface area (Å²) in [6.45, 7) is 7.17. The van der Waals surface area contributed by atoms with Gasteiger partial charge in [0.15, 0.2) is 0 Å². The van der Waals surface area contributed by atoms with Crippen molar-refractivity contribution < 1.29 is 4.79 Å². The van der Waals surface area contributed by atoms with Crippen LogP contribution in [-0.2, 0) is 5.54 Å². The fraction of sp³-hybridized carbons (Fsp3) is 0.462. The van der Waals surface area contributed by atoms with E-state index in [0.717, 1.165) is 24.1 Å². The van der Waals surface area contributed by atoms with Crippen LogP contribution >= 0.6 is 0 Å². The minimum Gasteiger partial charge on any atom is -0.329 e. The maximum Gasteiger partial charge on any atom is 0.254 e. The second-order valence-electron chi connectivity index (χ2n) is 4.56. The molecular weight excluding hydrogens is 186 g/mol. The quantitative estimate of drug-likeness (QED) is 0.723. The summed E-state index contributed by atoms with van der Waals surface area (Å²) in [5, 5.41) is 0. The van der Waals surface area contributed by atoms with E-state index in [1.165, 1.54) is 0 Å². The van der Waals surface area contributed by atoms with Crippen molar-refractivity contribution in [3.63, 3.8) is 0 Å². The highest BCUT2D eigenvalue weighted by atomic mass is 16.2. The average molecular weight is 203 g/mol. The molecule has 0 spiro atoms. The summed E-state index contributed by atoms with van der Waals surface area (Å²) in [4.78, 5) is 14.1. The minimum atomic E-state index is -0.149. The molecule has 0 fully saturated rings. The number of hydrogen-bond donors (Lipinski definition) is 0. The van der Waals surface area contributed by atoms with Gasteiger partial charge < -0.3 is 4.90 Å². The topological polar surface area (TPSA) is 20.3 Å². The van der Waals surface area contributed by atoms with Crippen molar-refractivity contribution in [1.82, 2.24) is 4.90 Å². The highest BCUT2D eigenvalue weighted by Crippen LogP contribution is 2.38. The third-order valence-electron chi connectivity index (χ3n) is 3.18. The lowest BCUT2D eigenvalue weighted by Gasteiger charge is -2.32. The SMILES string of the molecule is CCCN1C(=O)c2ccccc2C1(C)C. The maximum atomic E-state index is 12.1. The van der Waals surface area contributed by atoms with E-state index in [2.05, 4.69) is 26.8 Å². The number of carbonyl (C=O) groups is 1. The standard InChI is InChI=1S/C13H17NO/c1-4-9-14-12(15)10-7-5-6-8-11(10)13(14,2)3/h5-8H,4,9H2,1-3H3. The van der Waals surface area contributed by atoms with E-state index in [4.69, 9.17) is 0 Å². The Balaban J connectivity index is 2.50. The first-order valence-corrected chi connectivity index (χ1v) is 5.50. The van der Waals surface area contributed by atoms with Crippen LogP contribution in [0.4, 0.5) is 0 Å². The molecule has 1 amide bonds. The Morgan fingerprint density at radius 3 is 2.53 bits per heavy atom. The molecule has 1 aliphatic rings. The van der Waals surface area contributed by atoms with Crippen molar-refractivity contribution >= 4 is 5.91 Å². The van der Waals surface area contributed by atoms with Gasteiger partial charge in [-0.3, -0.25) is 4.79 Å². The number of carbonyl (C=O) groups excluding carboxylic acids is 1. The molecule has 0 saturated heterocycles. The summed E-state index contributed by atoms with van der Waals surface area (Å²) in [7, 11) is 0. The van der Waals surface area contributed by atoms with Gasteiger partial charge in [-0.1, -0.05) is 25.1 Å². The molecule has 2 nitrogen and oxygen atoms in total. The zero-order chi connectivity index (χ0) is 11.1. The van der Waals surface area contributed by atoms with E-state index < -0.39 is 0 Å². The van der Waals surface area contributed by atoms with Gasteiger partial charge in [0.2, 0.25) is 0 Å². The predicted octanol–water partition coefficient (Wildman–Crippen LogP) is 2.79. The van der Waals surface area contributed by atoms with Crippen molar-refractivity contribution in [2.45, 2.75) is 32.7 Å². The molecule has 0 atom stereocenters. The Labute approximate surface area is 90.9 Å². The number of benzene rings is 1. The second-order valence-corrected chi connectivity index (χ2v) is 4.56. The van der Waals surface area contributed by atoms with Gasteiger partial charge in [-0.25, -0.2) is 0 Å². The number of hydrogen-bond acceptors (Lipinski definition) is 1. The van der Waals surface area contributed by atoms with Crippen LogP contribution in [0.3, 0.4) is 0 Å². The molecule has 80 valence electrons. The van der Waals surface area contributed by atoms with Crippen LogP contribution in [0.1, 0.15) is 43.1 Å². The lowest BCUT2D eigenvalue weighted by molar-refractivity contribution is 0.0619. The molecule has 0 aliphatic carbocycles. The molecule has 0 saturated carbocycles. The maximum absolute atomic E-state index is 12.1. The highest BCUT2D eigenvalue weighted by molar-refractivity contribution is 5.99. The lowest BCUT2D eigenvalue weighted by Crippen LogP contribution is -2.39. The molecule has 1 aromatic rings.